The number of alkyl halides is 1. The highest BCUT2D eigenvalue weighted by Gasteiger charge is 1.95. The van der Waals surface area contributed by atoms with Gasteiger partial charge in [0, 0.05) is 23.8 Å². The van der Waals surface area contributed by atoms with Gasteiger partial charge in [0.2, 0.25) is 0 Å². The number of nitrogens with zero attached hydrogens (tertiary/aromatic N) is 2. The maximum absolute atomic E-state index is 4.22. The van der Waals surface area contributed by atoms with E-state index in [9.17, 15) is 0 Å². The molecular formula is C9H15BrN2. The summed E-state index contributed by atoms with van der Waals surface area (Å²) in [7, 11) is 0. The number of aromatic nitrogens is 2. The van der Waals surface area contributed by atoms with E-state index in [1.54, 1.807) is 0 Å². The predicted octanol–water partition coefficient (Wildman–Crippen LogP) is 2.76. The molecule has 0 aliphatic heterocycles. The van der Waals surface area contributed by atoms with E-state index in [-0.39, 0.29) is 0 Å². The first kappa shape index (κ1) is 9.78. The summed E-state index contributed by atoms with van der Waals surface area (Å²) in [4.78, 5) is 0. The summed E-state index contributed by atoms with van der Waals surface area (Å²) >= 11 is 3.42. The molecular weight excluding hydrogens is 216 g/mol. The van der Waals surface area contributed by atoms with Gasteiger partial charge in [-0.05, 0) is 25.8 Å². The van der Waals surface area contributed by atoms with Crippen molar-refractivity contribution in [3.8, 4) is 0 Å². The van der Waals surface area contributed by atoms with E-state index in [1.165, 1.54) is 25.0 Å². The molecule has 0 amide bonds. The lowest BCUT2D eigenvalue weighted by Gasteiger charge is -2.02. The number of hydrogen-bond acceptors (Lipinski definition) is 1. The standard InChI is InChI=1S/C9H15BrN2/c1-9-5-7-11-12(9)8-4-2-3-6-10/h5,7H,2-4,6,8H2,1H3. The van der Waals surface area contributed by atoms with Crippen molar-refractivity contribution in [1.82, 2.24) is 9.78 Å². The third-order valence-electron chi connectivity index (χ3n) is 1.93. The van der Waals surface area contributed by atoms with Crippen molar-refractivity contribution in [3.05, 3.63) is 18.0 Å². The van der Waals surface area contributed by atoms with Crippen LogP contribution in [0.2, 0.25) is 0 Å². The fraction of sp³-hybridized carbons (Fsp3) is 0.667. The number of hydrogen-bond donors (Lipinski definition) is 0. The van der Waals surface area contributed by atoms with Crippen molar-refractivity contribution >= 4 is 15.9 Å². The molecule has 0 bridgehead atoms. The predicted molar refractivity (Wildman–Crippen MR) is 54.6 cm³/mol. The Kier molecular flexibility index (Phi) is 4.36. The minimum Gasteiger partial charge on any atom is -0.270 e. The third kappa shape index (κ3) is 2.97. The van der Waals surface area contributed by atoms with Crippen LogP contribution in [0.4, 0.5) is 0 Å². The molecule has 1 aromatic rings. The third-order valence-corrected chi connectivity index (χ3v) is 2.49. The molecule has 0 fully saturated rings. The van der Waals surface area contributed by atoms with Gasteiger partial charge in [-0.25, -0.2) is 0 Å². The summed E-state index contributed by atoms with van der Waals surface area (Å²) in [5, 5.41) is 5.33. The van der Waals surface area contributed by atoms with Crippen molar-refractivity contribution in [2.24, 2.45) is 0 Å². The molecule has 0 atom stereocenters. The van der Waals surface area contributed by atoms with Crippen LogP contribution in [-0.4, -0.2) is 15.1 Å². The van der Waals surface area contributed by atoms with Crippen LogP contribution in [0.5, 0.6) is 0 Å². The second-order valence-electron chi connectivity index (χ2n) is 2.95. The van der Waals surface area contributed by atoms with Gasteiger partial charge in [-0.3, -0.25) is 4.68 Å². The van der Waals surface area contributed by atoms with Crippen LogP contribution in [-0.2, 0) is 6.54 Å². The fourth-order valence-electron chi connectivity index (χ4n) is 1.17. The molecule has 0 radical (unpaired) electrons. The van der Waals surface area contributed by atoms with E-state index >= 15 is 0 Å². The van der Waals surface area contributed by atoms with Crippen LogP contribution in [0.1, 0.15) is 25.0 Å². The normalized spacial score (nSPS) is 10.5. The van der Waals surface area contributed by atoms with E-state index in [2.05, 4.69) is 32.6 Å². The number of aryl methyl sites for hydroxylation is 2. The number of halogens is 1. The smallest absolute Gasteiger partial charge is 0.0492 e. The van der Waals surface area contributed by atoms with Gasteiger partial charge in [-0.1, -0.05) is 22.4 Å². The van der Waals surface area contributed by atoms with Gasteiger partial charge >= 0.3 is 0 Å². The summed E-state index contributed by atoms with van der Waals surface area (Å²) in [6, 6.07) is 2.05. The summed E-state index contributed by atoms with van der Waals surface area (Å²) in [6.45, 7) is 3.16. The Morgan fingerprint density at radius 1 is 1.42 bits per heavy atom. The number of rotatable bonds is 5. The SMILES string of the molecule is Cc1ccnn1CCCCCBr. The molecule has 0 aromatic carbocycles. The van der Waals surface area contributed by atoms with E-state index < -0.39 is 0 Å². The van der Waals surface area contributed by atoms with Gasteiger partial charge < -0.3 is 0 Å². The lowest BCUT2D eigenvalue weighted by atomic mass is 10.2. The Morgan fingerprint density at radius 3 is 2.83 bits per heavy atom. The second kappa shape index (κ2) is 5.36. The maximum Gasteiger partial charge on any atom is 0.0492 e. The van der Waals surface area contributed by atoms with E-state index in [4.69, 9.17) is 0 Å². The van der Waals surface area contributed by atoms with Gasteiger partial charge in [-0.2, -0.15) is 5.10 Å². The minimum absolute atomic E-state index is 1.06. The van der Waals surface area contributed by atoms with Crippen LogP contribution in [0.15, 0.2) is 12.3 Å². The van der Waals surface area contributed by atoms with Gasteiger partial charge in [0.1, 0.15) is 0 Å². The summed E-state index contributed by atoms with van der Waals surface area (Å²) in [5.41, 5.74) is 1.26. The van der Waals surface area contributed by atoms with Crippen LogP contribution in [0.25, 0.3) is 0 Å². The summed E-state index contributed by atoms with van der Waals surface area (Å²) < 4.78 is 2.06. The van der Waals surface area contributed by atoms with Crippen molar-refractivity contribution in [2.45, 2.75) is 32.7 Å². The highest BCUT2D eigenvalue weighted by molar-refractivity contribution is 9.09. The molecule has 12 heavy (non-hydrogen) atoms. The van der Waals surface area contributed by atoms with Crippen molar-refractivity contribution in [3.63, 3.8) is 0 Å². The fourth-order valence-corrected chi connectivity index (χ4v) is 1.56. The van der Waals surface area contributed by atoms with Crippen LogP contribution in [0.3, 0.4) is 0 Å². The second-order valence-corrected chi connectivity index (χ2v) is 3.74. The highest BCUT2D eigenvalue weighted by atomic mass is 79.9. The maximum atomic E-state index is 4.22. The molecule has 3 heteroatoms. The first-order valence-corrected chi connectivity index (χ1v) is 5.51. The molecule has 0 aliphatic rings. The molecule has 0 N–H and O–H groups in total. The van der Waals surface area contributed by atoms with E-state index in [0.29, 0.717) is 0 Å². The average Bonchev–Trinajstić information content (AvgIpc) is 2.46. The lowest BCUT2D eigenvalue weighted by Crippen LogP contribution is -2.01. The zero-order valence-electron chi connectivity index (χ0n) is 7.46. The Bertz CT molecular complexity index is 220. The monoisotopic (exact) mass is 230 g/mol. The van der Waals surface area contributed by atoms with E-state index in [1.807, 2.05) is 12.3 Å². The Balaban J connectivity index is 2.20. The molecule has 0 aliphatic carbocycles. The molecule has 0 spiro atoms. The van der Waals surface area contributed by atoms with Crippen LogP contribution < -0.4 is 0 Å². The Labute approximate surface area is 82.1 Å². The molecule has 0 unspecified atom stereocenters. The summed E-state index contributed by atoms with van der Waals surface area (Å²) in [5.74, 6) is 0. The van der Waals surface area contributed by atoms with Crippen LogP contribution >= 0.6 is 15.9 Å². The zero-order valence-corrected chi connectivity index (χ0v) is 9.05. The Morgan fingerprint density at radius 2 is 2.25 bits per heavy atom. The largest absolute Gasteiger partial charge is 0.270 e. The molecule has 2 nitrogen and oxygen atoms in total. The zero-order chi connectivity index (χ0) is 8.81. The van der Waals surface area contributed by atoms with Crippen molar-refractivity contribution in [2.75, 3.05) is 5.33 Å². The van der Waals surface area contributed by atoms with Gasteiger partial charge in [-0.15, -0.1) is 0 Å². The molecule has 1 rings (SSSR count). The Hall–Kier alpha value is -0.310. The molecule has 68 valence electrons. The molecule has 0 saturated carbocycles. The first-order valence-electron chi connectivity index (χ1n) is 4.39. The molecule has 1 aromatic heterocycles. The number of unbranched alkanes of at least 4 members (excludes halogenated alkanes) is 2. The average molecular weight is 231 g/mol. The molecule has 1 heterocycles. The van der Waals surface area contributed by atoms with Gasteiger partial charge in [0.05, 0.1) is 0 Å². The summed E-state index contributed by atoms with van der Waals surface area (Å²) in [6.07, 6.45) is 5.64. The molecule has 0 saturated heterocycles. The highest BCUT2D eigenvalue weighted by Crippen LogP contribution is 2.03. The minimum atomic E-state index is 1.06. The first-order chi connectivity index (χ1) is 5.84. The van der Waals surface area contributed by atoms with Crippen molar-refractivity contribution in [1.29, 1.82) is 0 Å². The lowest BCUT2D eigenvalue weighted by molar-refractivity contribution is 0.544. The van der Waals surface area contributed by atoms with Crippen molar-refractivity contribution < 1.29 is 0 Å². The quantitative estimate of drug-likeness (QED) is 0.562. The topological polar surface area (TPSA) is 17.8 Å². The van der Waals surface area contributed by atoms with Gasteiger partial charge in [0.25, 0.3) is 0 Å². The van der Waals surface area contributed by atoms with E-state index in [0.717, 1.165) is 11.9 Å². The van der Waals surface area contributed by atoms with Gasteiger partial charge in [0.15, 0.2) is 0 Å². The van der Waals surface area contributed by atoms with Crippen LogP contribution in [0, 0.1) is 6.92 Å².